The lowest BCUT2D eigenvalue weighted by Crippen LogP contribution is -2.40. The molecule has 0 aromatic heterocycles. The third-order valence-corrected chi connectivity index (χ3v) is 6.38. The Labute approximate surface area is 211 Å². The van der Waals surface area contributed by atoms with E-state index in [0.29, 0.717) is 11.1 Å². The van der Waals surface area contributed by atoms with Gasteiger partial charge in [0.2, 0.25) is 0 Å². The van der Waals surface area contributed by atoms with Crippen molar-refractivity contribution in [2.75, 3.05) is 6.54 Å². The highest BCUT2D eigenvalue weighted by Gasteiger charge is 2.47. The zero-order valence-corrected chi connectivity index (χ0v) is 20.4. The molecule has 3 N–H and O–H groups in total. The molecule has 0 atom stereocenters. The highest BCUT2D eigenvalue weighted by atomic mass is 79.9. The van der Waals surface area contributed by atoms with E-state index in [1.54, 1.807) is 30.3 Å². The quantitative estimate of drug-likeness (QED) is 0.318. The van der Waals surface area contributed by atoms with Crippen LogP contribution in [0.2, 0.25) is 0 Å². The summed E-state index contributed by atoms with van der Waals surface area (Å²) < 4.78 is 0.955. The second-order valence-corrected chi connectivity index (χ2v) is 9.21. The zero-order chi connectivity index (χ0) is 24.8. The summed E-state index contributed by atoms with van der Waals surface area (Å²) >= 11 is 3.59. The number of rotatable bonds is 7. The first-order chi connectivity index (χ1) is 16.9. The molecule has 3 aromatic carbocycles. The van der Waals surface area contributed by atoms with Gasteiger partial charge in [-0.25, -0.2) is 0 Å². The topological polar surface area (TPSA) is 111 Å². The van der Waals surface area contributed by atoms with Crippen molar-refractivity contribution in [3.63, 3.8) is 0 Å². The maximum Gasteiger partial charge on any atom is 0.309 e. The molecule has 4 rings (SSSR count). The SMILES string of the molecule is N#C/C=C/CNC(=O)C(=O)NCc1ccccc1C(=O)NC1(c2cc(Br)cc3ccccc23)CC1. The summed E-state index contributed by atoms with van der Waals surface area (Å²) in [6, 6.07) is 21.0. The fraction of sp³-hybridized carbons (Fsp3) is 0.185. The molecule has 0 radical (unpaired) electrons. The second kappa shape index (κ2) is 10.5. The average Bonchev–Trinajstić information content (AvgIpc) is 3.64. The summed E-state index contributed by atoms with van der Waals surface area (Å²) in [5.41, 5.74) is 1.66. The van der Waals surface area contributed by atoms with Gasteiger partial charge in [-0.3, -0.25) is 14.4 Å². The number of benzene rings is 3. The van der Waals surface area contributed by atoms with Crippen molar-refractivity contribution >= 4 is 44.4 Å². The summed E-state index contributed by atoms with van der Waals surface area (Å²) in [5, 5.41) is 18.8. The van der Waals surface area contributed by atoms with E-state index < -0.39 is 17.4 Å². The Kier molecular flexibility index (Phi) is 7.28. The van der Waals surface area contributed by atoms with Crippen LogP contribution in [-0.4, -0.2) is 24.3 Å². The monoisotopic (exact) mass is 530 g/mol. The minimum atomic E-state index is -0.815. The first-order valence-electron chi connectivity index (χ1n) is 11.1. The van der Waals surface area contributed by atoms with Gasteiger partial charge in [-0.05, 0) is 52.9 Å². The Morgan fingerprint density at radius 1 is 1.00 bits per heavy atom. The van der Waals surface area contributed by atoms with Gasteiger partial charge in [0.15, 0.2) is 0 Å². The molecule has 176 valence electrons. The highest BCUT2D eigenvalue weighted by Crippen LogP contribution is 2.49. The maximum atomic E-state index is 13.3. The fourth-order valence-corrected chi connectivity index (χ4v) is 4.51. The molecule has 3 aromatic rings. The molecule has 8 heteroatoms. The lowest BCUT2D eigenvalue weighted by Gasteiger charge is -2.21. The molecular formula is C27H23BrN4O3. The number of halogens is 1. The van der Waals surface area contributed by atoms with Gasteiger partial charge in [0, 0.05) is 29.2 Å². The Morgan fingerprint density at radius 3 is 2.49 bits per heavy atom. The van der Waals surface area contributed by atoms with E-state index in [2.05, 4.69) is 56.1 Å². The van der Waals surface area contributed by atoms with E-state index in [9.17, 15) is 14.4 Å². The summed E-state index contributed by atoms with van der Waals surface area (Å²) in [5.74, 6) is -1.86. The lowest BCUT2D eigenvalue weighted by molar-refractivity contribution is -0.139. The highest BCUT2D eigenvalue weighted by molar-refractivity contribution is 9.10. The van der Waals surface area contributed by atoms with Gasteiger partial charge in [-0.15, -0.1) is 0 Å². The maximum absolute atomic E-state index is 13.3. The van der Waals surface area contributed by atoms with E-state index in [-0.39, 0.29) is 19.0 Å². The van der Waals surface area contributed by atoms with Gasteiger partial charge < -0.3 is 16.0 Å². The number of allylic oxidation sites excluding steroid dienone is 1. The molecule has 0 bridgehead atoms. The predicted molar refractivity (Wildman–Crippen MR) is 136 cm³/mol. The predicted octanol–water partition coefficient (Wildman–Crippen LogP) is 3.83. The summed E-state index contributed by atoms with van der Waals surface area (Å²) in [6.45, 7) is 0.0991. The Morgan fingerprint density at radius 2 is 1.71 bits per heavy atom. The first kappa shape index (κ1) is 24.2. The lowest BCUT2D eigenvalue weighted by atomic mass is 9.96. The van der Waals surface area contributed by atoms with Crippen LogP contribution in [0.3, 0.4) is 0 Å². The van der Waals surface area contributed by atoms with E-state index >= 15 is 0 Å². The van der Waals surface area contributed by atoms with Crippen LogP contribution >= 0.6 is 15.9 Å². The fourth-order valence-electron chi connectivity index (χ4n) is 4.04. The van der Waals surface area contributed by atoms with Crippen molar-refractivity contribution in [2.45, 2.75) is 24.9 Å². The zero-order valence-electron chi connectivity index (χ0n) is 18.8. The number of amides is 3. The van der Waals surface area contributed by atoms with Crippen LogP contribution < -0.4 is 16.0 Å². The van der Waals surface area contributed by atoms with Gasteiger partial charge in [0.25, 0.3) is 5.91 Å². The number of hydrogen-bond donors (Lipinski definition) is 3. The first-order valence-corrected chi connectivity index (χ1v) is 11.9. The van der Waals surface area contributed by atoms with E-state index in [4.69, 9.17) is 5.26 Å². The molecular weight excluding hydrogens is 508 g/mol. The smallest absolute Gasteiger partial charge is 0.309 e. The van der Waals surface area contributed by atoms with Crippen molar-refractivity contribution in [3.8, 4) is 6.07 Å². The van der Waals surface area contributed by atoms with Crippen LogP contribution in [0.1, 0.15) is 34.3 Å². The van der Waals surface area contributed by atoms with Crippen LogP contribution in [0.25, 0.3) is 10.8 Å². The molecule has 1 fully saturated rings. The van der Waals surface area contributed by atoms with Crippen LogP contribution in [0.5, 0.6) is 0 Å². The number of fused-ring (bicyclic) bond motifs is 1. The number of nitrogens with zero attached hydrogens (tertiary/aromatic N) is 1. The van der Waals surface area contributed by atoms with Gasteiger partial charge in [0.1, 0.15) is 0 Å². The average molecular weight is 531 g/mol. The Hall–Kier alpha value is -3.96. The van der Waals surface area contributed by atoms with Gasteiger partial charge in [-0.2, -0.15) is 5.26 Å². The van der Waals surface area contributed by atoms with Gasteiger partial charge in [-0.1, -0.05) is 64.5 Å². The summed E-state index contributed by atoms with van der Waals surface area (Å²) in [6.07, 6.45) is 4.32. The molecule has 35 heavy (non-hydrogen) atoms. The summed E-state index contributed by atoms with van der Waals surface area (Å²) in [4.78, 5) is 37.4. The number of carbonyl (C=O) groups is 3. The Bertz CT molecular complexity index is 1370. The molecule has 0 unspecified atom stereocenters. The largest absolute Gasteiger partial charge is 0.344 e. The van der Waals surface area contributed by atoms with Gasteiger partial charge >= 0.3 is 11.8 Å². The molecule has 7 nitrogen and oxygen atoms in total. The van der Waals surface area contributed by atoms with E-state index in [1.165, 1.54) is 12.2 Å². The standard InChI is InChI=1S/C27H23BrN4O3/c28-20-15-18-7-1-3-9-21(18)23(16-20)27(11-12-27)32-24(33)22-10-4-2-8-19(22)17-31-26(35)25(34)30-14-6-5-13-29/h1-10,15-16H,11-12,14,17H2,(H,30,34)(H,31,35)(H,32,33)/b6-5+. The van der Waals surface area contributed by atoms with Crippen molar-refractivity contribution in [3.05, 3.63) is 94.0 Å². The number of nitriles is 1. The second-order valence-electron chi connectivity index (χ2n) is 8.29. The van der Waals surface area contributed by atoms with Crippen LogP contribution in [-0.2, 0) is 21.7 Å². The molecule has 1 aliphatic carbocycles. The van der Waals surface area contributed by atoms with Crippen molar-refractivity contribution in [1.29, 1.82) is 5.26 Å². The van der Waals surface area contributed by atoms with Crippen molar-refractivity contribution in [1.82, 2.24) is 16.0 Å². The number of hydrogen-bond acceptors (Lipinski definition) is 4. The minimum absolute atomic E-state index is 0.0245. The number of carbonyl (C=O) groups excluding carboxylic acids is 3. The van der Waals surface area contributed by atoms with Crippen molar-refractivity contribution < 1.29 is 14.4 Å². The number of nitrogens with one attached hydrogen (secondary N) is 3. The summed E-state index contributed by atoms with van der Waals surface area (Å²) in [7, 11) is 0. The van der Waals surface area contributed by atoms with E-state index in [0.717, 1.165) is 33.7 Å². The molecule has 0 heterocycles. The third kappa shape index (κ3) is 5.58. The van der Waals surface area contributed by atoms with Crippen molar-refractivity contribution in [2.24, 2.45) is 0 Å². The Balaban J connectivity index is 1.47. The molecule has 0 aliphatic heterocycles. The minimum Gasteiger partial charge on any atom is -0.344 e. The molecule has 3 amide bonds. The van der Waals surface area contributed by atoms with Gasteiger partial charge in [0.05, 0.1) is 11.6 Å². The van der Waals surface area contributed by atoms with Crippen LogP contribution in [0.15, 0.2) is 77.3 Å². The molecule has 0 saturated heterocycles. The van der Waals surface area contributed by atoms with Crippen LogP contribution in [0, 0.1) is 11.3 Å². The normalized spacial score (nSPS) is 13.7. The van der Waals surface area contributed by atoms with Crippen LogP contribution in [0.4, 0.5) is 0 Å². The molecule has 1 aliphatic rings. The molecule has 0 spiro atoms. The third-order valence-electron chi connectivity index (χ3n) is 5.93. The van der Waals surface area contributed by atoms with E-state index in [1.807, 2.05) is 12.1 Å². The molecule has 1 saturated carbocycles.